The standard InChI is InChI=1S/C18H14O4/c1-10-7-8-15-14(9-10)16(19)11(2)17(22-15)12-5-3-4-6-13(12)18(20)21/h3-9H,1-2H3,(H,20,21)/p-1. The fraction of sp³-hybridized carbons (Fsp3) is 0.111. The van der Waals surface area contributed by atoms with Gasteiger partial charge in [-0.2, -0.15) is 0 Å². The maximum Gasteiger partial charge on any atom is 0.196 e. The predicted octanol–water partition coefficient (Wildman–Crippen LogP) is 2.44. The molecule has 2 aromatic carbocycles. The van der Waals surface area contributed by atoms with E-state index in [0.29, 0.717) is 22.1 Å². The lowest BCUT2D eigenvalue weighted by atomic mass is 10.0. The molecule has 110 valence electrons. The fourth-order valence-electron chi connectivity index (χ4n) is 2.52. The van der Waals surface area contributed by atoms with Crippen LogP contribution < -0.4 is 10.5 Å². The summed E-state index contributed by atoms with van der Waals surface area (Å²) in [5.41, 5.74) is 1.96. The van der Waals surface area contributed by atoms with Crippen molar-refractivity contribution in [2.45, 2.75) is 13.8 Å². The molecule has 0 fully saturated rings. The first-order chi connectivity index (χ1) is 10.5. The third-order valence-corrected chi connectivity index (χ3v) is 3.66. The highest BCUT2D eigenvalue weighted by Crippen LogP contribution is 2.28. The smallest absolute Gasteiger partial charge is 0.196 e. The summed E-state index contributed by atoms with van der Waals surface area (Å²) in [5.74, 6) is -1.04. The van der Waals surface area contributed by atoms with E-state index >= 15 is 0 Å². The number of benzene rings is 2. The van der Waals surface area contributed by atoms with Gasteiger partial charge in [0.25, 0.3) is 0 Å². The molecular weight excluding hydrogens is 280 g/mol. The SMILES string of the molecule is Cc1ccc2oc(-c3ccccc3C(=O)[O-])c(C)c(=O)c2c1. The summed E-state index contributed by atoms with van der Waals surface area (Å²) in [6.07, 6.45) is 0. The lowest BCUT2D eigenvalue weighted by Gasteiger charge is -2.12. The Labute approximate surface area is 126 Å². The predicted molar refractivity (Wildman–Crippen MR) is 81.7 cm³/mol. The van der Waals surface area contributed by atoms with Gasteiger partial charge in [-0.3, -0.25) is 4.79 Å². The summed E-state index contributed by atoms with van der Waals surface area (Å²) in [6.45, 7) is 3.53. The first-order valence-electron chi connectivity index (χ1n) is 6.84. The molecule has 0 amide bonds. The van der Waals surface area contributed by atoms with Crippen molar-refractivity contribution >= 4 is 16.9 Å². The Kier molecular flexibility index (Phi) is 3.29. The van der Waals surface area contributed by atoms with Crippen LogP contribution in [0, 0.1) is 13.8 Å². The van der Waals surface area contributed by atoms with E-state index in [-0.39, 0.29) is 16.8 Å². The van der Waals surface area contributed by atoms with E-state index in [0.717, 1.165) is 5.56 Å². The van der Waals surface area contributed by atoms with Crippen LogP contribution in [-0.4, -0.2) is 5.97 Å². The van der Waals surface area contributed by atoms with E-state index in [1.807, 2.05) is 13.0 Å². The Bertz CT molecular complexity index is 951. The van der Waals surface area contributed by atoms with E-state index < -0.39 is 5.97 Å². The summed E-state index contributed by atoms with van der Waals surface area (Å²) in [6, 6.07) is 11.7. The molecule has 1 aromatic heterocycles. The average molecular weight is 293 g/mol. The molecule has 0 bridgehead atoms. The summed E-state index contributed by atoms with van der Waals surface area (Å²) >= 11 is 0. The van der Waals surface area contributed by atoms with Crippen LogP contribution in [0.4, 0.5) is 0 Å². The number of fused-ring (bicyclic) bond motifs is 1. The van der Waals surface area contributed by atoms with Crippen molar-refractivity contribution in [2.75, 3.05) is 0 Å². The number of carbonyl (C=O) groups excluding carboxylic acids is 1. The van der Waals surface area contributed by atoms with Gasteiger partial charge in [0.2, 0.25) is 0 Å². The van der Waals surface area contributed by atoms with Gasteiger partial charge in [0.15, 0.2) is 5.43 Å². The van der Waals surface area contributed by atoms with E-state index in [1.165, 1.54) is 6.07 Å². The largest absolute Gasteiger partial charge is 0.545 e. The highest BCUT2D eigenvalue weighted by molar-refractivity contribution is 5.95. The van der Waals surface area contributed by atoms with Crippen LogP contribution in [0.15, 0.2) is 51.7 Å². The summed E-state index contributed by atoms with van der Waals surface area (Å²) in [7, 11) is 0. The molecule has 1 heterocycles. The van der Waals surface area contributed by atoms with Crippen molar-refractivity contribution in [1.29, 1.82) is 0 Å². The zero-order valence-electron chi connectivity index (χ0n) is 12.2. The maximum atomic E-state index is 12.5. The summed E-state index contributed by atoms with van der Waals surface area (Å²) in [4.78, 5) is 23.8. The monoisotopic (exact) mass is 293 g/mol. The van der Waals surface area contributed by atoms with Crippen LogP contribution in [0.1, 0.15) is 21.5 Å². The number of carbonyl (C=O) groups is 1. The molecule has 0 aliphatic carbocycles. The molecule has 0 aliphatic rings. The van der Waals surface area contributed by atoms with Gasteiger partial charge in [0.05, 0.1) is 11.4 Å². The average Bonchev–Trinajstić information content (AvgIpc) is 2.51. The molecule has 0 saturated carbocycles. The van der Waals surface area contributed by atoms with Crippen molar-refractivity contribution in [3.63, 3.8) is 0 Å². The maximum absolute atomic E-state index is 12.5. The zero-order chi connectivity index (χ0) is 15.9. The Hall–Kier alpha value is -2.88. The molecule has 4 heteroatoms. The quantitative estimate of drug-likeness (QED) is 0.727. The fourth-order valence-corrected chi connectivity index (χ4v) is 2.52. The normalized spacial score (nSPS) is 10.8. The highest BCUT2D eigenvalue weighted by Gasteiger charge is 2.15. The molecule has 0 N–H and O–H groups in total. The molecule has 0 unspecified atom stereocenters. The number of carboxylic acid groups (broad SMARTS) is 1. The second-order valence-corrected chi connectivity index (χ2v) is 5.22. The van der Waals surface area contributed by atoms with Crippen LogP contribution in [0.3, 0.4) is 0 Å². The highest BCUT2D eigenvalue weighted by atomic mass is 16.4. The first kappa shape index (κ1) is 14.1. The van der Waals surface area contributed by atoms with E-state index in [4.69, 9.17) is 4.42 Å². The number of hydrogen-bond acceptors (Lipinski definition) is 4. The number of aryl methyl sites for hydroxylation is 1. The van der Waals surface area contributed by atoms with Crippen LogP contribution >= 0.6 is 0 Å². The summed E-state index contributed by atoms with van der Waals surface area (Å²) < 4.78 is 5.81. The molecule has 22 heavy (non-hydrogen) atoms. The lowest BCUT2D eigenvalue weighted by molar-refractivity contribution is -0.254. The van der Waals surface area contributed by atoms with Gasteiger partial charge in [-0.1, -0.05) is 35.9 Å². The van der Waals surface area contributed by atoms with Crippen LogP contribution in [-0.2, 0) is 0 Å². The Balaban J connectivity index is 2.38. The van der Waals surface area contributed by atoms with Gasteiger partial charge in [-0.25, -0.2) is 0 Å². The Morgan fingerprint density at radius 3 is 2.55 bits per heavy atom. The van der Waals surface area contributed by atoms with Gasteiger partial charge in [-0.15, -0.1) is 0 Å². The van der Waals surface area contributed by atoms with Crippen molar-refractivity contribution in [1.82, 2.24) is 0 Å². The molecule has 0 saturated heterocycles. The summed E-state index contributed by atoms with van der Waals surface area (Å²) in [5, 5.41) is 11.8. The molecule has 3 rings (SSSR count). The van der Waals surface area contributed by atoms with Crippen LogP contribution in [0.5, 0.6) is 0 Å². The molecular formula is C18H13O4-. The van der Waals surface area contributed by atoms with Crippen molar-refractivity contribution in [3.05, 3.63) is 69.4 Å². The third kappa shape index (κ3) is 2.19. The van der Waals surface area contributed by atoms with Gasteiger partial charge in [0, 0.05) is 16.7 Å². The number of aromatic carboxylic acids is 1. The van der Waals surface area contributed by atoms with Crippen molar-refractivity contribution < 1.29 is 14.3 Å². The van der Waals surface area contributed by atoms with Crippen molar-refractivity contribution in [2.24, 2.45) is 0 Å². The topological polar surface area (TPSA) is 70.3 Å². The lowest BCUT2D eigenvalue weighted by Crippen LogP contribution is -2.23. The minimum Gasteiger partial charge on any atom is -0.545 e. The van der Waals surface area contributed by atoms with E-state index in [9.17, 15) is 14.7 Å². The number of hydrogen-bond donors (Lipinski definition) is 0. The second-order valence-electron chi connectivity index (χ2n) is 5.22. The molecule has 3 aromatic rings. The minimum absolute atomic E-state index is 0.000196. The van der Waals surface area contributed by atoms with Gasteiger partial charge >= 0.3 is 0 Å². The molecule has 0 atom stereocenters. The Morgan fingerprint density at radius 1 is 1.09 bits per heavy atom. The van der Waals surface area contributed by atoms with Crippen molar-refractivity contribution in [3.8, 4) is 11.3 Å². The Morgan fingerprint density at radius 2 is 1.82 bits per heavy atom. The number of rotatable bonds is 2. The van der Waals surface area contributed by atoms with Gasteiger partial charge in [0.1, 0.15) is 11.3 Å². The van der Waals surface area contributed by atoms with Crippen LogP contribution in [0.2, 0.25) is 0 Å². The van der Waals surface area contributed by atoms with E-state index in [2.05, 4.69) is 0 Å². The molecule has 4 nitrogen and oxygen atoms in total. The third-order valence-electron chi connectivity index (χ3n) is 3.66. The molecule has 0 radical (unpaired) electrons. The van der Waals surface area contributed by atoms with Gasteiger partial charge < -0.3 is 14.3 Å². The van der Waals surface area contributed by atoms with Crippen LogP contribution in [0.25, 0.3) is 22.3 Å². The second kappa shape index (κ2) is 5.15. The molecule has 0 aliphatic heterocycles. The zero-order valence-corrected chi connectivity index (χ0v) is 12.2. The molecule has 0 spiro atoms. The van der Waals surface area contributed by atoms with Gasteiger partial charge in [-0.05, 0) is 26.0 Å². The first-order valence-corrected chi connectivity index (χ1v) is 6.84. The minimum atomic E-state index is -1.30. The number of carboxylic acids is 1. The van der Waals surface area contributed by atoms with E-state index in [1.54, 1.807) is 37.3 Å².